The molecule has 0 saturated carbocycles. The van der Waals surface area contributed by atoms with E-state index in [-0.39, 0.29) is 18.4 Å². The van der Waals surface area contributed by atoms with Gasteiger partial charge in [0, 0.05) is 6.42 Å². The highest BCUT2D eigenvalue weighted by atomic mass is 16.7. The van der Waals surface area contributed by atoms with E-state index in [2.05, 4.69) is 6.92 Å². The number of hydrogen-bond donors (Lipinski definition) is 0. The van der Waals surface area contributed by atoms with Gasteiger partial charge in [-0.3, -0.25) is 4.79 Å². The van der Waals surface area contributed by atoms with Gasteiger partial charge in [-0.15, -0.1) is 0 Å². The Bertz CT molecular complexity index is 217. The van der Waals surface area contributed by atoms with Gasteiger partial charge in [-0.05, 0) is 13.3 Å². The van der Waals surface area contributed by atoms with Crippen LogP contribution in [0.15, 0.2) is 0 Å². The molecule has 1 aliphatic heterocycles. The molecule has 1 rings (SSSR count). The van der Waals surface area contributed by atoms with Crippen molar-refractivity contribution >= 4 is 5.97 Å². The average Bonchev–Trinajstić information content (AvgIpc) is 2.72. The summed E-state index contributed by atoms with van der Waals surface area (Å²) in [4.78, 5) is 11.4. The first-order chi connectivity index (χ1) is 8.22. The molecular weight excluding hydrogens is 220 g/mol. The molecule has 4 heteroatoms. The minimum atomic E-state index is -0.173. The van der Waals surface area contributed by atoms with Crippen molar-refractivity contribution < 1.29 is 19.0 Å². The van der Waals surface area contributed by atoms with Gasteiger partial charge in [0.15, 0.2) is 6.29 Å². The minimum absolute atomic E-state index is 0.0889. The lowest BCUT2D eigenvalue weighted by Crippen LogP contribution is -2.21. The number of unbranched alkanes of at least 4 members (excludes halogenated alkanes) is 4. The van der Waals surface area contributed by atoms with Crippen molar-refractivity contribution in [3.05, 3.63) is 0 Å². The number of carbonyl (C=O) groups is 1. The summed E-state index contributed by atoms with van der Waals surface area (Å²) < 4.78 is 15.7. The summed E-state index contributed by atoms with van der Waals surface area (Å²) in [6, 6.07) is 0. The second kappa shape index (κ2) is 8.48. The van der Waals surface area contributed by atoms with Gasteiger partial charge in [-0.25, -0.2) is 0 Å². The van der Waals surface area contributed by atoms with Crippen LogP contribution < -0.4 is 0 Å². The van der Waals surface area contributed by atoms with Crippen LogP contribution in [0.2, 0.25) is 0 Å². The number of hydrogen-bond acceptors (Lipinski definition) is 4. The maximum absolute atomic E-state index is 11.4. The third-order valence-electron chi connectivity index (χ3n) is 2.82. The number of esters is 1. The second-order valence-corrected chi connectivity index (χ2v) is 4.51. The van der Waals surface area contributed by atoms with E-state index < -0.39 is 0 Å². The van der Waals surface area contributed by atoms with Gasteiger partial charge in [-0.1, -0.05) is 32.6 Å². The first kappa shape index (κ1) is 14.5. The van der Waals surface area contributed by atoms with Crippen LogP contribution in [-0.2, 0) is 19.0 Å². The lowest BCUT2D eigenvalue weighted by Gasteiger charge is -2.09. The molecule has 0 aromatic heterocycles. The zero-order valence-corrected chi connectivity index (χ0v) is 10.9. The van der Waals surface area contributed by atoms with Crippen molar-refractivity contribution in [2.45, 2.75) is 64.8 Å². The molecule has 0 amide bonds. The first-order valence-electron chi connectivity index (χ1n) is 6.65. The van der Waals surface area contributed by atoms with Crippen molar-refractivity contribution in [2.75, 3.05) is 13.2 Å². The van der Waals surface area contributed by atoms with Gasteiger partial charge in [0.05, 0.1) is 6.61 Å². The molecule has 0 N–H and O–H groups in total. The molecule has 0 aliphatic carbocycles. The van der Waals surface area contributed by atoms with Crippen molar-refractivity contribution in [1.82, 2.24) is 0 Å². The largest absolute Gasteiger partial charge is 0.463 e. The van der Waals surface area contributed by atoms with Crippen LogP contribution in [0.5, 0.6) is 0 Å². The first-order valence-corrected chi connectivity index (χ1v) is 6.65. The zero-order chi connectivity index (χ0) is 12.5. The van der Waals surface area contributed by atoms with Gasteiger partial charge in [-0.2, -0.15) is 0 Å². The Hall–Kier alpha value is -0.610. The molecule has 17 heavy (non-hydrogen) atoms. The van der Waals surface area contributed by atoms with E-state index in [9.17, 15) is 4.79 Å². The highest BCUT2D eigenvalue weighted by Crippen LogP contribution is 2.11. The Kier molecular flexibility index (Phi) is 7.21. The average molecular weight is 244 g/mol. The fourth-order valence-electron chi connectivity index (χ4n) is 1.81. The molecule has 1 saturated heterocycles. The topological polar surface area (TPSA) is 44.8 Å². The van der Waals surface area contributed by atoms with Crippen LogP contribution in [0, 0.1) is 0 Å². The molecule has 100 valence electrons. The quantitative estimate of drug-likeness (QED) is 0.486. The molecule has 0 radical (unpaired) electrons. The number of rotatable bonds is 8. The predicted molar refractivity (Wildman–Crippen MR) is 64.6 cm³/mol. The Morgan fingerprint density at radius 1 is 1.29 bits per heavy atom. The molecule has 0 bridgehead atoms. The minimum Gasteiger partial charge on any atom is -0.463 e. The smallest absolute Gasteiger partial charge is 0.305 e. The summed E-state index contributed by atoms with van der Waals surface area (Å²) >= 11 is 0. The summed E-state index contributed by atoms with van der Waals surface area (Å²) in [5.41, 5.74) is 0. The molecule has 0 spiro atoms. The van der Waals surface area contributed by atoms with Crippen molar-refractivity contribution in [1.29, 1.82) is 0 Å². The fraction of sp³-hybridized carbons (Fsp3) is 0.923. The molecule has 0 aromatic rings. The normalized spacial score (nSPS) is 23.9. The van der Waals surface area contributed by atoms with E-state index in [1.165, 1.54) is 19.3 Å². The summed E-state index contributed by atoms with van der Waals surface area (Å²) in [6.07, 6.45) is 5.98. The van der Waals surface area contributed by atoms with Crippen molar-refractivity contribution in [3.8, 4) is 0 Å². The maximum Gasteiger partial charge on any atom is 0.305 e. The van der Waals surface area contributed by atoms with Gasteiger partial charge in [0.1, 0.15) is 12.7 Å². The monoisotopic (exact) mass is 244 g/mol. The Balaban J connectivity index is 1.94. The van der Waals surface area contributed by atoms with Gasteiger partial charge < -0.3 is 14.2 Å². The maximum atomic E-state index is 11.4. The molecule has 1 fully saturated rings. The van der Waals surface area contributed by atoms with Crippen LogP contribution in [0.4, 0.5) is 0 Å². The summed E-state index contributed by atoms with van der Waals surface area (Å²) in [7, 11) is 0. The van der Waals surface area contributed by atoms with E-state index in [0.717, 1.165) is 12.8 Å². The third kappa shape index (κ3) is 6.64. The Morgan fingerprint density at radius 2 is 2.06 bits per heavy atom. The second-order valence-electron chi connectivity index (χ2n) is 4.51. The predicted octanol–water partition coefficient (Wildman–Crippen LogP) is 2.65. The fourth-order valence-corrected chi connectivity index (χ4v) is 1.81. The van der Waals surface area contributed by atoms with Crippen molar-refractivity contribution in [2.24, 2.45) is 0 Å². The van der Waals surface area contributed by atoms with Gasteiger partial charge in [0.2, 0.25) is 0 Å². The molecule has 1 heterocycles. The van der Waals surface area contributed by atoms with Crippen LogP contribution in [-0.4, -0.2) is 31.6 Å². The van der Waals surface area contributed by atoms with Crippen LogP contribution in [0.3, 0.4) is 0 Å². The van der Waals surface area contributed by atoms with E-state index in [1.807, 2.05) is 6.92 Å². The number of ether oxygens (including phenoxy) is 3. The van der Waals surface area contributed by atoms with E-state index in [4.69, 9.17) is 14.2 Å². The van der Waals surface area contributed by atoms with Gasteiger partial charge in [0.25, 0.3) is 0 Å². The van der Waals surface area contributed by atoms with E-state index >= 15 is 0 Å². The molecule has 4 nitrogen and oxygen atoms in total. The van der Waals surface area contributed by atoms with Crippen molar-refractivity contribution in [3.63, 3.8) is 0 Å². The lowest BCUT2D eigenvalue weighted by atomic mass is 10.1. The van der Waals surface area contributed by atoms with Crippen LogP contribution in [0.1, 0.15) is 52.4 Å². The third-order valence-corrected chi connectivity index (χ3v) is 2.82. The molecule has 0 aromatic carbocycles. The van der Waals surface area contributed by atoms with Crippen LogP contribution in [0.25, 0.3) is 0 Å². The Morgan fingerprint density at radius 3 is 2.71 bits per heavy atom. The van der Waals surface area contributed by atoms with Crippen LogP contribution >= 0.6 is 0 Å². The zero-order valence-electron chi connectivity index (χ0n) is 10.9. The lowest BCUT2D eigenvalue weighted by molar-refractivity contribution is -0.147. The highest BCUT2D eigenvalue weighted by Gasteiger charge is 2.23. The SMILES string of the molecule is CCCCCCCC(=O)OCC1COC(C)O1. The standard InChI is InChI=1S/C13H24O4/c1-3-4-5-6-7-8-13(14)16-10-12-9-15-11(2)17-12/h11-12H,3-10H2,1-2H3. The summed E-state index contributed by atoms with van der Waals surface area (Å²) in [5.74, 6) is -0.121. The molecule has 2 atom stereocenters. The molecular formula is C13H24O4. The Labute approximate surface area is 104 Å². The summed E-state index contributed by atoms with van der Waals surface area (Å²) in [6.45, 7) is 4.86. The highest BCUT2D eigenvalue weighted by molar-refractivity contribution is 5.69. The number of carbonyl (C=O) groups excluding carboxylic acids is 1. The van der Waals surface area contributed by atoms with E-state index in [1.54, 1.807) is 0 Å². The van der Waals surface area contributed by atoms with Gasteiger partial charge >= 0.3 is 5.97 Å². The summed E-state index contributed by atoms with van der Waals surface area (Å²) in [5, 5.41) is 0. The molecule has 1 aliphatic rings. The molecule has 2 unspecified atom stereocenters. The van der Waals surface area contributed by atoms with E-state index in [0.29, 0.717) is 19.6 Å².